The minimum Gasteiger partial charge on any atom is -0.493 e. The first-order chi connectivity index (χ1) is 17.9. The van der Waals surface area contributed by atoms with Gasteiger partial charge in [0.2, 0.25) is 0 Å². The number of methoxy groups -OCH3 is 1. The highest BCUT2D eigenvalue weighted by molar-refractivity contribution is 6.09. The van der Waals surface area contributed by atoms with E-state index in [9.17, 15) is 24.6 Å². The maximum absolute atomic E-state index is 14.0. The van der Waals surface area contributed by atoms with Crippen LogP contribution in [0.2, 0.25) is 0 Å². The van der Waals surface area contributed by atoms with Gasteiger partial charge in [-0.15, -0.1) is 0 Å². The molecule has 0 radical (unpaired) electrons. The molecule has 37 heavy (non-hydrogen) atoms. The summed E-state index contributed by atoms with van der Waals surface area (Å²) in [5, 5.41) is 24.8. The van der Waals surface area contributed by atoms with E-state index in [1.807, 2.05) is 42.5 Å². The predicted molar refractivity (Wildman–Crippen MR) is 137 cm³/mol. The Kier molecular flexibility index (Phi) is 7.40. The minimum absolute atomic E-state index is 0.299. The van der Waals surface area contributed by atoms with E-state index in [4.69, 9.17) is 9.47 Å². The largest absolute Gasteiger partial charge is 0.493 e. The second-order valence-electron chi connectivity index (χ2n) is 7.88. The number of carbonyl (C=O) groups excluding carboxylic acids is 1. The van der Waals surface area contributed by atoms with Gasteiger partial charge in [0.05, 0.1) is 17.7 Å². The summed E-state index contributed by atoms with van der Waals surface area (Å²) in [7, 11) is 1.47. The number of hydrogen-bond acceptors (Lipinski definition) is 6. The van der Waals surface area contributed by atoms with Crippen LogP contribution in [-0.2, 0) is 11.4 Å². The fourth-order valence-electron chi connectivity index (χ4n) is 3.69. The molecule has 0 spiro atoms. The number of nitro benzene ring substituents is 1. The number of amides is 1. The molecule has 1 N–H and O–H groups in total. The molecule has 8 nitrogen and oxygen atoms in total. The molecule has 4 aromatic rings. The number of ether oxygens (including phenoxy) is 2. The van der Waals surface area contributed by atoms with E-state index in [-0.39, 0.29) is 5.57 Å². The topological polar surface area (TPSA) is 114 Å². The third-order valence-electron chi connectivity index (χ3n) is 5.54. The van der Waals surface area contributed by atoms with Crippen LogP contribution in [0.15, 0.2) is 84.4 Å². The third kappa shape index (κ3) is 5.71. The molecule has 4 aromatic carbocycles. The first-order valence-electron chi connectivity index (χ1n) is 11.0. The van der Waals surface area contributed by atoms with Crippen molar-refractivity contribution in [3.8, 4) is 17.6 Å². The maximum atomic E-state index is 14.0. The molecule has 0 aliphatic rings. The number of nitriles is 1. The van der Waals surface area contributed by atoms with Gasteiger partial charge in [-0.2, -0.15) is 5.26 Å². The summed E-state index contributed by atoms with van der Waals surface area (Å²) in [4.78, 5) is 22.8. The zero-order valence-electron chi connectivity index (χ0n) is 19.6. The lowest BCUT2D eigenvalue weighted by Crippen LogP contribution is -2.14. The number of nitrogens with zero attached hydrogens (tertiary/aromatic N) is 2. The van der Waals surface area contributed by atoms with E-state index in [2.05, 4.69) is 5.32 Å². The van der Waals surface area contributed by atoms with Gasteiger partial charge in [-0.3, -0.25) is 14.9 Å². The van der Waals surface area contributed by atoms with Gasteiger partial charge >= 0.3 is 0 Å². The van der Waals surface area contributed by atoms with Gasteiger partial charge in [-0.05, 0) is 46.2 Å². The molecule has 0 atom stereocenters. The van der Waals surface area contributed by atoms with Crippen molar-refractivity contribution >= 4 is 34.1 Å². The van der Waals surface area contributed by atoms with Crippen LogP contribution in [0.5, 0.6) is 11.5 Å². The van der Waals surface area contributed by atoms with Crippen LogP contribution in [0.1, 0.15) is 11.1 Å². The number of anilines is 1. The van der Waals surface area contributed by atoms with Gasteiger partial charge in [0.1, 0.15) is 24.1 Å². The van der Waals surface area contributed by atoms with Gasteiger partial charge in [0.25, 0.3) is 11.6 Å². The Hall–Kier alpha value is -5.23. The van der Waals surface area contributed by atoms with Crippen LogP contribution in [0, 0.1) is 27.3 Å². The Bertz CT molecular complexity index is 1570. The number of halogens is 1. The van der Waals surface area contributed by atoms with Crippen molar-refractivity contribution in [3.05, 3.63) is 111 Å². The molecule has 0 aliphatic heterocycles. The first-order valence-corrected chi connectivity index (χ1v) is 11.0. The van der Waals surface area contributed by atoms with Crippen molar-refractivity contribution in [3.63, 3.8) is 0 Å². The van der Waals surface area contributed by atoms with Crippen molar-refractivity contribution < 1.29 is 23.6 Å². The predicted octanol–water partition coefficient (Wildman–Crippen LogP) is 6.02. The van der Waals surface area contributed by atoms with E-state index in [1.54, 1.807) is 24.3 Å². The lowest BCUT2D eigenvalue weighted by Gasteiger charge is -2.13. The van der Waals surface area contributed by atoms with Crippen molar-refractivity contribution in [1.29, 1.82) is 5.26 Å². The molecule has 0 heterocycles. The summed E-state index contributed by atoms with van der Waals surface area (Å²) in [6, 6.07) is 23.3. The number of hydrogen-bond donors (Lipinski definition) is 1. The molecule has 0 saturated carbocycles. The second kappa shape index (κ2) is 11.0. The summed E-state index contributed by atoms with van der Waals surface area (Å²) < 4.78 is 25.5. The lowest BCUT2D eigenvalue weighted by molar-refractivity contribution is -0.384. The monoisotopic (exact) mass is 497 g/mol. The molecule has 9 heteroatoms. The molecule has 4 rings (SSSR count). The van der Waals surface area contributed by atoms with Crippen molar-refractivity contribution in [2.45, 2.75) is 6.61 Å². The normalized spacial score (nSPS) is 11.0. The standard InChI is InChI=1S/C28H20FN3O5/c1-36-27-14-18(9-12-26(27)37-17-20-7-4-6-19-5-2-3-8-23(19)20)13-21(16-30)28(33)31-25-15-22(32(34)35)10-11-24(25)29/h2-15H,17H2,1H3,(H,31,33)/b21-13-. The summed E-state index contributed by atoms with van der Waals surface area (Å²) in [5.41, 5.74) is 0.317. The van der Waals surface area contributed by atoms with Gasteiger partial charge in [0.15, 0.2) is 11.5 Å². The van der Waals surface area contributed by atoms with E-state index >= 15 is 0 Å². The van der Waals surface area contributed by atoms with E-state index in [1.165, 1.54) is 13.2 Å². The molecule has 0 bridgehead atoms. The fraction of sp³-hybridized carbons (Fsp3) is 0.0714. The number of fused-ring (bicyclic) bond motifs is 1. The molecule has 0 aromatic heterocycles. The summed E-state index contributed by atoms with van der Waals surface area (Å²) >= 11 is 0. The third-order valence-corrected chi connectivity index (χ3v) is 5.54. The Balaban J connectivity index is 1.53. The molecule has 0 fully saturated rings. The summed E-state index contributed by atoms with van der Waals surface area (Å²) in [6.45, 7) is 0.299. The highest BCUT2D eigenvalue weighted by atomic mass is 19.1. The SMILES string of the molecule is COc1cc(/C=C(/C#N)C(=O)Nc2cc([N+](=O)[O-])ccc2F)ccc1OCc1cccc2ccccc12. The molecular formula is C28H20FN3O5. The van der Waals surface area contributed by atoms with Gasteiger partial charge < -0.3 is 14.8 Å². The van der Waals surface area contributed by atoms with Crippen LogP contribution < -0.4 is 14.8 Å². The second-order valence-corrected chi connectivity index (χ2v) is 7.88. The van der Waals surface area contributed by atoms with Gasteiger partial charge in [-0.25, -0.2) is 4.39 Å². The number of nitro groups is 1. The van der Waals surface area contributed by atoms with Crippen LogP contribution in [0.3, 0.4) is 0 Å². The van der Waals surface area contributed by atoms with E-state index < -0.39 is 28.0 Å². The van der Waals surface area contributed by atoms with E-state index in [0.29, 0.717) is 23.7 Å². The molecule has 0 aliphatic carbocycles. The van der Waals surface area contributed by atoms with Crippen molar-refractivity contribution in [2.75, 3.05) is 12.4 Å². The molecule has 0 saturated heterocycles. The minimum atomic E-state index is -0.919. The maximum Gasteiger partial charge on any atom is 0.271 e. The molecule has 1 amide bonds. The zero-order chi connectivity index (χ0) is 26.4. The van der Waals surface area contributed by atoms with Crippen LogP contribution in [0.25, 0.3) is 16.8 Å². The summed E-state index contributed by atoms with van der Waals surface area (Å²) in [5.74, 6) is -0.937. The quantitative estimate of drug-likeness (QED) is 0.138. The molecule has 0 unspecified atom stereocenters. The van der Waals surface area contributed by atoms with Crippen LogP contribution >= 0.6 is 0 Å². The van der Waals surface area contributed by atoms with Crippen LogP contribution in [0.4, 0.5) is 15.8 Å². The van der Waals surface area contributed by atoms with Crippen LogP contribution in [-0.4, -0.2) is 17.9 Å². The number of benzene rings is 4. The van der Waals surface area contributed by atoms with Gasteiger partial charge in [0, 0.05) is 12.1 Å². The average Bonchev–Trinajstić information content (AvgIpc) is 2.91. The molecular weight excluding hydrogens is 477 g/mol. The van der Waals surface area contributed by atoms with E-state index in [0.717, 1.165) is 34.5 Å². The number of rotatable bonds is 8. The number of nitrogens with one attached hydrogen (secondary N) is 1. The molecule has 184 valence electrons. The Morgan fingerprint density at radius 3 is 2.62 bits per heavy atom. The number of non-ortho nitro benzene ring substituents is 1. The smallest absolute Gasteiger partial charge is 0.271 e. The highest BCUT2D eigenvalue weighted by Gasteiger charge is 2.16. The lowest BCUT2D eigenvalue weighted by atomic mass is 10.1. The Morgan fingerprint density at radius 2 is 1.86 bits per heavy atom. The fourth-order valence-corrected chi connectivity index (χ4v) is 3.69. The number of carbonyl (C=O) groups is 1. The average molecular weight is 497 g/mol. The van der Waals surface area contributed by atoms with Crippen molar-refractivity contribution in [2.24, 2.45) is 0 Å². The highest BCUT2D eigenvalue weighted by Crippen LogP contribution is 2.31. The first kappa shape index (κ1) is 24.9. The Morgan fingerprint density at radius 1 is 1.08 bits per heavy atom. The Labute approximate surface area is 211 Å². The summed E-state index contributed by atoms with van der Waals surface area (Å²) in [6.07, 6.45) is 1.29. The zero-order valence-corrected chi connectivity index (χ0v) is 19.6. The van der Waals surface area contributed by atoms with Crippen molar-refractivity contribution in [1.82, 2.24) is 0 Å². The van der Waals surface area contributed by atoms with Gasteiger partial charge in [-0.1, -0.05) is 48.5 Å².